The highest BCUT2D eigenvalue weighted by molar-refractivity contribution is 6.08. The van der Waals surface area contributed by atoms with Gasteiger partial charge >= 0.3 is 0 Å². The van der Waals surface area contributed by atoms with Crippen molar-refractivity contribution in [2.75, 3.05) is 16.8 Å². The van der Waals surface area contributed by atoms with Crippen molar-refractivity contribution in [3.05, 3.63) is 88.6 Å². The van der Waals surface area contributed by atoms with Gasteiger partial charge in [0, 0.05) is 35.9 Å². The molecular formula is C25H22N4O3. The fourth-order valence-electron chi connectivity index (χ4n) is 4.26. The minimum atomic E-state index is -0.423. The number of rotatable bonds is 3. The Balaban J connectivity index is 1.55. The van der Waals surface area contributed by atoms with Crippen molar-refractivity contribution in [3.63, 3.8) is 0 Å². The number of benzene rings is 3. The van der Waals surface area contributed by atoms with Gasteiger partial charge in [0.1, 0.15) is 0 Å². The van der Waals surface area contributed by atoms with Gasteiger partial charge in [0.2, 0.25) is 0 Å². The molecule has 2 N–H and O–H groups in total. The monoisotopic (exact) mass is 426 g/mol. The molecule has 0 bridgehead atoms. The molecule has 2 heterocycles. The number of anilines is 2. The number of hydrogen-bond acceptors (Lipinski definition) is 4. The molecule has 0 saturated heterocycles. The van der Waals surface area contributed by atoms with E-state index in [0.717, 1.165) is 34.3 Å². The first-order chi connectivity index (χ1) is 15.5. The molecule has 7 nitrogen and oxygen atoms in total. The number of para-hydroxylation sites is 2. The zero-order valence-corrected chi connectivity index (χ0v) is 17.5. The van der Waals surface area contributed by atoms with E-state index in [2.05, 4.69) is 17.2 Å². The molecule has 0 unspecified atom stereocenters. The van der Waals surface area contributed by atoms with Crippen molar-refractivity contribution in [1.29, 1.82) is 0 Å². The fraction of sp³-hybridized carbons (Fsp3) is 0.160. The summed E-state index contributed by atoms with van der Waals surface area (Å²) >= 11 is 0. The molecule has 4 aromatic rings. The molecule has 160 valence electrons. The molecule has 0 radical (unpaired) electrons. The highest BCUT2D eigenvalue weighted by Gasteiger charge is 2.26. The van der Waals surface area contributed by atoms with Crippen LogP contribution in [0.5, 0.6) is 0 Å². The SMILES string of the molecule is C[C@@H]1CCN(C(=O)c2ccc(-c3ccc4[nH]ccc4c3)c([N+](=O)[O-])c2)c2ccccc2N1. The van der Waals surface area contributed by atoms with Gasteiger partial charge in [0.25, 0.3) is 11.6 Å². The zero-order valence-electron chi connectivity index (χ0n) is 17.5. The molecule has 5 rings (SSSR count). The van der Waals surface area contributed by atoms with Crippen LogP contribution in [0.2, 0.25) is 0 Å². The first-order valence-electron chi connectivity index (χ1n) is 10.5. The van der Waals surface area contributed by atoms with E-state index in [1.54, 1.807) is 17.0 Å². The lowest BCUT2D eigenvalue weighted by Gasteiger charge is -2.22. The summed E-state index contributed by atoms with van der Waals surface area (Å²) in [7, 11) is 0. The average Bonchev–Trinajstić information content (AvgIpc) is 3.20. The van der Waals surface area contributed by atoms with Crippen molar-refractivity contribution < 1.29 is 9.72 Å². The first kappa shape index (κ1) is 19.8. The first-order valence-corrected chi connectivity index (χ1v) is 10.5. The number of nitrogens with one attached hydrogen (secondary N) is 2. The van der Waals surface area contributed by atoms with Crippen LogP contribution in [0.25, 0.3) is 22.0 Å². The molecule has 0 saturated carbocycles. The van der Waals surface area contributed by atoms with E-state index in [0.29, 0.717) is 17.7 Å². The molecule has 1 aromatic heterocycles. The van der Waals surface area contributed by atoms with Crippen molar-refractivity contribution in [1.82, 2.24) is 4.98 Å². The average molecular weight is 426 g/mol. The highest BCUT2D eigenvalue weighted by atomic mass is 16.6. The molecule has 0 aliphatic carbocycles. The van der Waals surface area contributed by atoms with Crippen LogP contribution in [-0.2, 0) is 0 Å². The highest BCUT2D eigenvalue weighted by Crippen LogP contribution is 2.35. The Morgan fingerprint density at radius 2 is 1.94 bits per heavy atom. The van der Waals surface area contributed by atoms with E-state index in [1.807, 2.05) is 54.7 Å². The third kappa shape index (κ3) is 3.47. The number of aromatic amines is 1. The fourth-order valence-corrected chi connectivity index (χ4v) is 4.26. The Morgan fingerprint density at radius 1 is 1.09 bits per heavy atom. The van der Waals surface area contributed by atoms with Crippen molar-refractivity contribution >= 4 is 33.9 Å². The molecule has 1 atom stereocenters. The molecule has 1 amide bonds. The summed E-state index contributed by atoms with van der Waals surface area (Å²) in [5.41, 5.74) is 4.07. The number of nitrogens with zero attached hydrogens (tertiary/aromatic N) is 2. The Bertz CT molecular complexity index is 1340. The largest absolute Gasteiger partial charge is 0.381 e. The number of amides is 1. The van der Waals surface area contributed by atoms with E-state index >= 15 is 0 Å². The topological polar surface area (TPSA) is 91.3 Å². The van der Waals surface area contributed by atoms with Crippen molar-refractivity contribution in [2.45, 2.75) is 19.4 Å². The van der Waals surface area contributed by atoms with Crippen LogP contribution < -0.4 is 10.2 Å². The van der Waals surface area contributed by atoms with Gasteiger partial charge in [-0.15, -0.1) is 0 Å². The predicted octanol–water partition coefficient (Wildman–Crippen LogP) is 5.59. The van der Waals surface area contributed by atoms with Crippen LogP contribution in [0, 0.1) is 10.1 Å². The Hall–Kier alpha value is -4.13. The number of carbonyl (C=O) groups excluding carboxylic acids is 1. The summed E-state index contributed by atoms with van der Waals surface area (Å²) in [6.07, 6.45) is 2.61. The van der Waals surface area contributed by atoms with Crippen LogP contribution in [-0.4, -0.2) is 28.4 Å². The van der Waals surface area contributed by atoms with Gasteiger partial charge in [-0.05, 0) is 66.8 Å². The summed E-state index contributed by atoms with van der Waals surface area (Å²) in [5.74, 6) is -0.246. The maximum absolute atomic E-state index is 13.5. The van der Waals surface area contributed by atoms with Gasteiger partial charge in [0.15, 0.2) is 0 Å². The Morgan fingerprint density at radius 3 is 2.78 bits per heavy atom. The van der Waals surface area contributed by atoms with Crippen molar-refractivity contribution in [3.8, 4) is 11.1 Å². The quantitative estimate of drug-likeness (QED) is 0.330. The number of carbonyl (C=O) groups is 1. The van der Waals surface area contributed by atoms with Gasteiger partial charge in [-0.3, -0.25) is 14.9 Å². The van der Waals surface area contributed by atoms with Crippen LogP contribution >= 0.6 is 0 Å². The third-order valence-electron chi connectivity index (χ3n) is 5.93. The third-order valence-corrected chi connectivity index (χ3v) is 5.93. The number of hydrogen-bond donors (Lipinski definition) is 2. The number of nitro benzene ring substituents is 1. The van der Waals surface area contributed by atoms with Crippen molar-refractivity contribution in [2.24, 2.45) is 0 Å². The molecule has 0 fully saturated rings. The molecular weight excluding hydrogens is 404 g/mol. The summed E-state index contributed by atoms with van der Waals surface area (Å²) < 4.78 is 0. The minimum Gasteiger partial charge on any atom is -0.381 e. The summed E-state index contributed by atoms with van der Waals surface area (Å²) in [6, 6.07) is 20.2. The second kappa shape index (κ2) is 7.85. The summed E-state index contributed by atoms with van der Waals surface area (Å²) in [5, 5.41) is 16.3. The lowest BCUT2D eigenvalue weighted by atomic mass is 9.99. The maximum atomic E-state index is 13.5. The number of fused-ring (bicyclic) bond motifs is 2. The number of nitro groups is 1. The van der Waals surface area contributed by atoms with E-state index in [4.69, 9.17) is 0 Å². The van der Waals surface area contributed by atoms with Gasteiger partial charge in [-0.2, -0.15) is 0 Å². The van der Waals surface area contributed by atoms with Gasteiger partial charge in [-0.1, -0.05) is 18.2 Å². The second-order valence-corrected chi connectivity index (χ2v) is 8.08. The van der Waals surface area contributed by atoms with E-state index < -0.39 is 4.92 Å². The van der Waals surface area contributed by atoms with Gasteiger partial charge < -0.3 is 15.2 Å². The van der Waals surface area contributed by atoms with Gasteiger partial charge in [-0.25, -0.2) is 0 Å². The lowest BCUT2D eigenvalue weighted by Crippen LogP contribution is -2.32. The second-order valence-electron chi connectivity index (χ2n) is 8.08. The van der Waals surface area contributed by atoms with E-state index in [-0.39, 0.29) is 17.6 Å². The summed E-state index contributed by atoms with van der Waals surface area (Å²) in [6.45, 7) is 2.61. The molecule has 1 aliphatic rings. The van der Waals surface area contributed by atoms with Crippen LogP contribution in [0.1, 0.15) is 23.7 Å². The molecule has 3 aromatic carbocycles. The van der Waals surface area contributed by atoms with Crippen LogP contribution in [0.3, 0.4) is 0 Å². The van der Waals surface area contributed by atoms with Crippen LogP contribution in [0.15, 0.2) is 72.9 Å². The minimum absolute atomic E-state index is 0.0830. The molecule has 32 heavy (non-hydrogen) atoms. The van der Waals surface area contributed by atoms with E-state index in [9.17, 15) is 14.9 Å². The normalized spacial score (nSPS) is 15.7. The van der Waals surface area contributed by atoms with Gasteiger partial charge in [0.05, 0.1) is 21.9 Å². The Labute approximate surface area is 184 Å². The predicted molar refractivity (Wildman–Crippen MR) is 126 cm³/mol. The number of H-pyrrole nitrogens is 1. The number of aromatic nitrogens is 1. The molecule has 7 heteroatoms. The van der Waals surface area contributed by atoms with E-state index in [1.165, 1.54) is 6.07 Å². The molecule has 1 aliphatic heterocycles. The lowest BCUT2D eigenvalue weighted by molar-refractivity contribution is -0.384. The van der Waals surface area contributed by atoms with Crippen LogP contribution in [0.4, 0.5) is 17.1 Å². The Kier molecular flexibility index (Phi) is 4.86. The summed E-state index contributed by atoms with van der Waals surface area (Å²) in [4.78, 5) is 29.8. The molecule has 0 spiro atoms. The smallest absolute Gasteiger partial charge is 0.277 e. The standard InChI is InChI=1S/C25H22N4O3/c1-16-11-13-28(23-5-3-2-4-22(23)27-16)25(30)19-6-8-20(24(15-19)29(31)32)17-7-9-21-18(14-17)10-12-26-21/h2-10,12,14-16,26-27H,11,13H2,1H3/t16-/m1/s1. The zero-order chi connectivity index (χ0) is 22.2. The maximum Gasteiger partial charge on any atom is 0.277 e.